The van der Waals surface area contributed by atoms with E-state index in [-0.39, 0.29) is 5.75 Å². The molecule has 2 heterocycles. The van der Waals surface area contributed by atoms with Crippen molar-refractivity contribution in [3.05, 3.63) is 40.3 Å². The van der Waals surface area contributed by atoms with Gasteiger partial charge in [0.15, 0.2) is 11.5 Å². The second-order valence-corrected chi connectivity index (χ2v) is 6.92. The van der Waals surface area contributed by atoms with Crippen LogP contribution in [0.2, 0.25) is 5.02 Å². The molecule has 0 radical (unpaired) electrons. The van der Waals surface area contributed by atoms with Crippen LogP contribution in [-0.4, -0.2) is 53.3 Å². The number of anilines is 1. The number of hydrogen-bond donors (Lipinski definition) is 1. The van der Waals surface area contributed by atoms with E-state index in [0.29, 0.717) is 10.8 Å². The number of halogens is 1. The van der Waals surface area contributed by atoms with Crippen molar-refractivity contribution in [2.75, 3.05) is 38.2 Å². The van der Waals surface area contributed by atoms with Crippen molar-refractivity contribution < 1.29 is 9.84 Å². The van der Waals surface area contributed by atoms with Crippen LogP contribution in [-0.2, 0) is 13.0 Å². The van der Waals surface area contributed by atoms with Gasteiger partial charge < -0.3 is 14.7 Å². The summed E-state index contributed by atoms with van der Waals surface area (Å²) in [5.74, 6) is 2.28. The van der Waals surface area contributed by atoms with E-state index in [1.807, 2.05) is 19.2 Å². The van der Waals surface area contributed by atoms with Crippen molar-refractivity contribution in [1.29, 1.82) is 0 Å². The van der Waals surface area contributed by atoms with Crippen LogP contribution in [0.25, 0.3) is 0 Å². The minimum absolute atomic E-state index is 0.00559. The fourth-order valence-electron chi connectivity index (χ4n) is 3.26. The van der Waals surface area contributed by atoms with Crippen LogP contribution in [0.4, 0.5) is 5.82 Å². The highest BCUT2D eigenvalue weighted by Crippen LogP contribution is 2.35. The maximum absolute atomic E-state index is 9.87. The first-order chi connectivity index (χ1) is 12.5. The van der Waals surface area contributed by atoms with Gasteiger partial charge in [0.2, 0.25) is 0 Å². The number of aryl methyl sites for hydroxylation is 2. The van der Waals surface area contributed by atoms with E-state index in [2.05, 4.69) is 26.7 Å². The monoisotopic (exact) mass is 376 g/mol. The summed E-state index contributed by atoms with van der Waals surface area (Å²) in [6, 6.07) is 3.64. The molecule has 1 aromatic carbocycles. The molecule has 3 rings (SSSR count). The molecule has 1 aromatic heterocycles. The van der Waals surface area contributed by atoms with E-state index >= 15 is 0 Å². The number of rotatable bonds is 5. The van der Waals surface area contributed by atoms with E-state index in [1.54, 1.807) is 6.07 Å². The van der Waals surface area contributed by atoms with Crippen molar-refractivity contribution in [2.24, 2.45) is 0 Å². The quantitative estimate of drug-likeness (QED) is 0.865. The lowest BCUT2D eigenvalue weighted by Crippen LogP contribution is -2.46. The third-order valence-electron chi connectivity index (χ3n) is 4.73. The molecule has 0 aliphatic carbocycles. The Balaban J connectivity index is 1.66. The number of nitrogens with zero attached hydrogens (tertiary/aromatic N) is 4. The van der Waals surface area contributed by atoms with Crippen LogP contribution in [0.5, 0.6) is 11.5 Å². The van der Waals surface area contributed by atoms with Crippen LogP contribution >= 0.6 is 11.6 Å². The lowest BCUT2D eigenvalue weighted by Gasteiger charge is -2.36. The predicted molar refractivity (Wildman–Crippen MR) is 103 cm³/mol. The smallest absolute Gasteiger partial charge is 0.176 e. The summed E-state index contributed by atoms with van der Waals surface area (Å²) in [6.45, 7) is 8.56. The van der Waals surface area contributed by atoms with Gasteiger partial charge in [-0.15, -0.1) is 0 Å². The number of methoxy groups -OCH3 is 1. The third-order valence-corrected chi connectivity index (χ3v) is 5.02. The molecule has 1 aliphatic rings. The van der Waals surface area contributed by atoms with Crippen LogP contribution in [0.15, 0.2) is 18.3 Å². The molecule has 0 saturated carbocycles. The number of phenolic OH excluding ortho intramolecular Hbond substituents is 1. The Bertz CT molecular complexity index is 776. The van der Waals surface area contributed by atoms with Crippen molar-refractivity contribution in [3.8, 4) is 11.5 Å². The second kappa shape index (κ2) is 8.10. The maximum atomic E-state index is 9.87. The molecule has 0 unspecified atom stereocenters. The largest absolute Gasteiger partial charge is 0.503 e. The highest BCUT2D eigenvalue weighted by molar-refractivity contribution is 6.32. The first kappa shape index (κ1) is 18.7. The normalized spacial score (nSPS) is 15.3. The van der Waals surface area contributed by atoms with Crippen molar-refractivity contribution >= 4 is 17.4 Å². The van der Waals surface area contributed by atoms with Crippen molar-refractivity contribution in [1.82, 2.24) is 14.9 Å². The molecule has 0 amide bonds. The zero-order chi connectivity index (χ0) is 18.7. The molecular weight excluding hydrogens is 352 g/mol. The van der Waals surface area contributed by atoms with Gasteiger partial charge in [0, 0.05) is 44.5 Å². The summed E-state index contributed by atoms with van der Waals surface area (Å²) in [5.41, 5.74) is 2.23. The molecule has 0 atom stereocenters. The van der Waals surface area contributed by atoms with E-state index < -0.39 is 0 Å². The predicted octanol–water partition coefficient (Wildman–Crippen LogP) is 3.04. The Morgan fingerprint density at radius 1 is 1.23 bits per heavy atom. The topological polar surface area (TPSA) is 61.7 Å². The molecule has 0 bridgehead atoms. The van der Waals surface area contributed by atoms with Crippen LogP contribution in [0.1, 0.15) is 23.9 Å². The molecule has 1 N–H and O–H groups in total. The lowest BCUT2D eigenvalue weighted by atomic mass is 10.1. The van der Waals surface area contributed by atoms with Gasteiger partial charge in [-0.05, 0) is 31.0 Å². The molecule has 2 aromatic rings. The minimum Gasteiger partial charge on any atom is -0.503 e. The first-order valence-electron chi connectivity index (χ1n) is 8.87. The highest BCUT2D eigenvalue weighted by Gasteiger charge is 2.21. The number of ether oxygens (including phenoxy) is 1. The highest BCUT2D eigenvalue weighted by atomic mass is 35.5. The summed E-state index contributed by atoms with van der Waals surface area (Å²) in [6.07, 6.45) is 2.87. The average molecular weight is 377 g/mol. The molecule has 140 valence electrons. The van der Waals surface area contributed by atoms with E-state index in [4.69, 9.17) is 16.3 Å². The number of benzene rings is 1. The van der Waals surface area contributed by atoms with Crippen LogP contribution < -0.4 is 9.64 Å². The zero-order valence-electron chi connectivity index (χ0n) is 15.5. The summed E-state index contributed by atoms with van der Waals surface area (Å²) >= 11 is 6.10. The molecule has 1 fully saturated rings. The Kier molecular flexibility index (Phi) is 5.84. The van der Waals surface area contributed by atoms with Gasteiger partial charge in [-0.25, -0.2) is 9.97 Å². The van der Waals surface area contributed by atoms with Gasteiger partial charge in [-0.1, -0.05) is 18.5 Å². The average Bonchev–Trinajstić information content (AvgIpc) is 2.65. The standard InChI is InChI=1S/C19H25ClN4O2/c1-4-15-11-21-13(2)22-19(15)24-7-5-23(6-8-24)12-14-9-16(20)18(25)17(10-14)26-3/h9-11,25H,4-8,12H2,1-3H3. The van der Waals surface area contributed by atoms with Gasteiger partial charge in [0.05, 0.1) is 12.1 Å². The molecule has 1 saturated heterocycles. The van der Waals surface area contributed by atoms with Gasteiger partial charge in [-0.3, -0.25) is 4.90 Å². The molecule has 6 nitrogen and oxygen atoms in total. The fraction of sp³-hybridized carbons (Fsp3) is 0.474. The number of aromatic hydroxyl groups is 1. The number of phenols is 1. The number of piperazine rings is 1. The lowest BCUT2D eigenvalue weighted by molar-refractivity contribution is 0.248. The van der Waals surface area contributed by atoms with E-state index in [9.17, 15) is 5.11 Å². The van der Waals surface area contributed by atoms with Crippen molar-refractivity contribution in [3.63, 3.8) is 0 Å². The Morgan fingerprint density at radius 2 is 1.96 bits per heavy atom. The number of hydrogen-bond acceptors (Lipinski definition) is 6. The summed E-state index contributed by atoms with van der Waals surface area (Å²) < 4.78 is 5.19. The van der Waals surface area contributed by atoms with Gasteiger partial charge in [0.1, 0.15) is 11.6 Å². The molecular formula is C19H25ClN4O2. The first-order valence-corrected chi connectivity index (χ1v) is 9.24. The Morgan fingerprint density at radius 3 is 2.62 bits per heavy atom. The van der Waals surface area contributed by atoms with E-state index in [0.717, 1.165) is 56.4 Å². The number of aromatic nitrogens is 2. The molecule has 26 heavy (non-hydrogen) atoms. The minimum atomic E-state index is -0.00559. The second-order valence-electron chi connectivity index (χ2n) is 6.51. The summed E-state index contributed by atoms with van der Waals surface area (Å²) in [4.78, 5) is 13.7. The molecule has 7 heteroatoms. The third kappa shape index (κ3) is 4.02. The fourth-order valence-corrected chi connectivity index (χ4v) is 3.49. The van der Waals surface area contributed by atoms with E-state index in [1.165, 1.54) is 12.7 Å². The van der Waals surface area contributed by atoms with Crippen molar-refractivity contribution in [2.45, 2.75) is 26.8 Å². The molecule has 0 spiro atoms. The SMILES string of the molecule is CCc1cnc(C)nc1N1CCN(Cc2cc(Cl)c(O)c(OC)c2)CC1. The van der Waals surface area contributed by atoms with Crippen LogP contribution in [0, 0.1) is 6.92 Å². The van der Waals surface area contributed by atoms with Gasteiger partial charge in [-0.2, -0.15) is 0 Å². The summed E-state index contributed by atoms with van der Waals surface area (Å²) in [5, 5.41) is 10.2. The van der Waals surface area contributed by atoms with Crippen LogP contribution in [0.3, 0.4) is 0 Å². The van der Waals surface area contributed by atoms with Gasteiger partial charge >= 0.3 is 0 Å². The summed E-state index contributed by atoms with van der Waals surface area (Å²) in [7, 11) is 1.53. The Hall–Kier alpha value is -2.05. The zero-order valence-corrected chi connectivity index (χ0v) is 16.3. The maximum Gasteiger partial charge on any atom is 0.176 e. The van der Waals surface area contributed by atoms with Gasteiger partial charge in [0.25, 0.3) is 0 Å². The Labute approximate surface area is 159 Å². The molecule has 1 aliphatic heterocycles.